The first-order valence-electron chi connectivity index (χ1n) is 8.35. The summed E-state index contributed by atoms with van der Waals surface area (Å²) < 4.78 is 6.75. The Hall–Kier alpha value is -2.11. The van der Waals surface area contributed by atoms with Gasteiger partial charge in [-0.3, -0.25) is 9.69 Å². The Labute approximate surface area is 145 Å². The van der Waals surface area contributed by atoms with Crippen LogP contribution in [-0.4, -0.2) is 30.4 Å². The molecule has 3 aromatic rings. The molecule has 4 rings (SSSR count). The number of carbonyl (C=O) groups is 1. The molecule has 0 bridgehead atoms. The zero-order chi connectivity index (χ0) is 16.4. The van der Waals surface area contributed by atoms with Crippen LogP contribution in [0.4, 0.5) is 0 Å². The molecule has 0 saturated carbocycles. The van der Waals surface area contributed by atoms with E-state index in [1.165, 1.54) is 24.2 Å². The number of benzene rings is 1. The highest BCUT2D eigenvalue weighted by atomic mass is 32.1. The number of furan rings is 1. The number of fused-ring (bicyclic) bond motifs is 1. The molecule has 1 atom stereocenters. The highest BCUT2D eigenvalue weighted by Crippen LogP contribution is 2.27. The Morgan fingerprint density at radius 2 is 2.04 bits per heavy atom. The molecule has 1 N–H and O–H groups in total. The van der Waals surface area contributed by atoms with Crippen molar-refractivity contribution >= 4 is 27.3 Å². The smallest absolute Gasteiger partial charge is 0.261 e. The van der Waals surface area contributed by atoms with Crippen LogP contribution in [0.15, 0.2) is 53.1 Å². The average molecular weight is 340 g/mol. The standard InChI is InChI=1S/C19H20N2O2S/c22-19(18-12-14-6-1-2-8-17(14)24-18)20-13-15(16-7-5-11-23-16)21-9-3-4-10-21/h1-2,5-8,11-12,15H,3-4,9-10,13H2,(H,20,22)/t15-/m1/s1. The second-order valence-corrected chi connectivity index (χ2v) is 7.22. The topological polar surface area (TPSA) is 45.5 Å². The van der Waals surface area contributed by atoms with Gasteiger partial charge in [0.1, 0.15) is 5.76 Å². The van der Waals surface area contributed by atoms with Crippen LogP contribution in [0.2, 0.25) is 0 Å². The second kappa shape index (κ2) is 6.79. The monoisotopic (exact) mass is 340 g/mol. The summed E-state index contributed by atoms with van der Waals surface area (Å²) in [5.41, 5.74) is 0. The molecule has 2 aromatic heterocycles. The van der Waals surface area contributed by atoms with Crippen molar-refractivity contribution in [2.24, 2.45) is 0 Å². The minimum absolute atomic E-state index is 0.00745. The van der Waals surface area contributed by atoms with Crippen LogP contribution >= 0.6 is 11.3 Å². The van der Waals surface area contributed by atoms with Crippen molar-refractivity contribution in [3.05, 3.63) is 59.4 Å². The van der Waals surface area contributed by atoms with Crippen molar-refractivity contribution in [2.75, 3.05) is 19.6 Å². The summed E-state index contributed by atoms with van der Waals surface area (Å²) in [6.45, 7) is 2.69. The summed E-state index contributed by atoms with van der Waals surface area (Å²) in [6, 6.07) is 14.1. The molecule has 3 heterocycles. The van der Waals surface area contributed by atoms with Crippen molar-refractivity contribution in [1.82, 2.24) is 10.2 Å². The first-order chi connectivity index (χ1) is 11.8. The molecule has 0 radical (unpaired) electrons. The Bertz CT molecular complexity index is 786. The molecule has 1 amide bonds. The summed E-state index contributed by atoms with van der Waals surface area (Å²) in [4.78, 5) is 15.7. The predicted octanol–water partition coefficient (Wildman–Crippen LogP) is 4.06. The number of hydrogen-bond donors (Lipinski definition) is 1. The largest absolute Gasteiger partial charge is 0.468 e. The molecule has 4 nitrogen and oxygen atoms in total. The summed E-state index contributed by atoms with van der Waals surface area (Å²) in [6.07, 6.45) is 4.12. The van der Waals surface area contributed by atoms with Crippen molar-refractivity contribution in [3.8, 4) is 0 Å². The number of carbonyl (C=O) groups excluding carboxylic acids is 1. The molecule has 5 heteroatoms. The lowest BCUT2D eigenvalue weighted by Gasteiger charge is -2.25. The van der Waals surface area contributed by atoms with Crippen molar-refractivity contribution < 1.29 is 9.21 Å². The molecule has 1 fully saturated rings. The Morgan fingerprint density at radius 3 is 2.79 bits per heavy atom. The lowest BCUT2D eigenvalue weighted by molar-refractivity contribution is 0.0938. The van der Waals surface area contributed by atoms with Gasteiger partial charge < -0.3 is 9.73 Å². The minimum Gasteiger partial charge on any atom is -0.468 e. The van der Waals surface area contributed by atoms with Gasteiger partial charge in [-0.05, 0) is 55.6 Å². The minimum atomic E-state index is -0.00745. The van der Waals surface area contributed by atoms with E-state index in [1.807, 2.05) is 42.5 Å². The molecule has 0 spiro atoms. The van der Waals surface area contributed by atoms with E-state index in [1.54, 1.807) is 6.26 Å². The number of likely N-dealkylation sites (tertiary alicyclic amines) is 1. The number of amides is 1. The molecule has 1 saturated heterocycles. The van der Waals surface area contributed by atoms with Gasteiger partial charge in [-0.2, -0.15) is 0 Å². The van der Waals surface area contributed by atoms with Crippen LogP contribution in [0.25, 0.3) is 10.1 Å². The van der Waals surface area contributed by atoms with Crippen LogP contribution in [0, 0.1) is 0 Å². The van der Waals surface area contributed by atoms with Gasteiger partial charge in [0, 0.05) is 11.2 Å². The Balaban J connectivity index is 1.48. The Morgan fingerprint density at radius 1 is 1.21 bits per heavy atom. The zero-order valence-corrected chi connectivity index (χ0v) is 14.2. The molecule has 1 aliphatic heterocycles. The average Bonchev–Trinajstić information content (AvgIpc) is 3.35. The van der Waals surface area contributed by atoms with Crippen LogP contribution in [0.3, 0.4) is 0 Å². The van der Waals surface area contributed by atoms with Gasteiger partial charge in [-0.15, -0.1) is 11.3 Å². The van der Waals surface area contributed by atoms with E-state index < -0.39 is 0 Å². The van der Waals surface area contributed by atoms with E-state index in [4.69, 9.17) is 4.42 Å². The summed E-state index contributed by atoms with van der Waals surface area (Å²) in [5, 5.41) is 4.22. The maximum atomic E-state index is 12.6. The van der Waals surface area contributed by atoms with Crippen molar-refractivity contribution in [1.29, 1.82) is 0 Å². The predicted molar refractivity (Wildman–Crippen MR) is 96.4 cm³/mol. The SMILES string of the molecule is O=C(NC[C@H](c1ccco1)N1CCCC1)c1cc2ccccc2s1. The van der Waals surface area contributed by atoms with Gasteiger partial charge in [-0.25, -0.2) is 0 Å². The van der Waals surface area contributed by atoms with E-state index in [0.717, 1.165) is 33.8 Å². The number of hydrogen-bond acceptors (Lipinski definition) is 4. The van der Waals surface area contributed by atoms with Gasteiger partial charge in [0.25, 0.3) is 5.91 Å². The lowest BCUT2D eigenvalue weighted by atomic mass is 10.2. The van der Waals surface area contributed by atoms with Crippen LogP contribution < -0.4 is 5.32 Å². The van der Waals surface area contributed by atoms with Crippen LogP contribution in [0.1, 0.15) is 34.3 Å². The number of thiophene rings is 1. The second-order valence-electron chi connectivity index (χ2n) is 6.13. The molecular weight excluding hydrogens is 320 g/mol. The number of nitrogens with one attached hydrogen (secondary N) is 1. The van der Waals surface area contributed by atoms with E-state index in [9.17, 15) is 4.79 Å². The third-order valence-corrected chi connectivity index (χ3v) is 5.67. The maximum Gasteiger partial charge on any atom is 0.261 e. The third-order valence-electron chi connectivity index (χ3n) is 4.56. The Kier molecular flexibility index (Phi) is 4.36. The summed E-state index contributed by atoms with van der Waals surface area (Å²) in [7, 11) is 0. The van der Waals surface area contributed by atoms with Gasteiger partial charge in [0.05, 0.1) is 17.2 Å². The van der Waals surface area contributed by atoms with Gasteiger partial charge >= 0.3 is 0 Å². The number of rotatable bonds is 5. The van der Waals surface area contributed by atoms with E-state index in [0.29, 0.717) is 6.54 Å². The van der Waals surface area contributed by atoms with Gasteiger partial charge in [-0.1, -0.05) is 18.2 Å². The normalized spacial score (nSPS) is 16.5. The molecule has 1 aliphatic rings. The zero-order valence-electron chi connectivity index (χ0n) is 13.4. The van der Waals surface area contributed by atoms with Crippen molar-refractivity contribution in [3.63, 3.8) is 0 Å². The lowest BCUT2D eigenvalue weighted by Crippen LogP contribution is -2.36. The molecule has 124 valence electrons. The summed E-state index contributed by atoms with van der Waals surface area (Å²) >= 11 is 1.54. The van der Waals surface area contributed by atoms with Crippen LogP contribution in [0.5, 0.6) is 0 Å². The van der Waals surface area contributed by atoms with Crippen LogP contribution in [-0.2, 0) is 0 Å². The third kappa shape index (κ3) is 3.09. The highest BCUT2D eigenvalue weighted by molar-refractivity contribution is 7.20. The highest BCUT2D eigenvalue weighted by Gasteiger charge is 2.26. The fourth-order valence-corrected chi connectivity index (χ4v) is 4.29. The quantitative estimate of drug-likeness (QED) is 0.762. The molecule has 0 unspecified atom stereocenters. The maximum absolute atomic E-state index is 12.6. The van der Waals surface area contributed by atoms with Gasteiger partial charge in [0.15, 0.2) is 0 Å². The van der Waals surface area contributed by atoms with E-state index in [2.05, 4.69) is 10.2 Å². The molecular formula is C19H20N2O2S. The summed E-state index contributed by atoms with van der Waals surface area (Å²) in [5.74, 6) is 0.917. The first-order valence-corrected chi connectivity index (χ1v) is 9.17. The fraction of sp³-hybridized carbons (Fsp3) is 0.316. The van der Waals surface area contributed by atoms with Crippen molar-refractivity contribution in [2.45, 2.75) is 18.9 Å². The van der Waals surface area contributed by atoms with E-state index in [-0.39, 0.29) is 11.9 Å². The number of nitrogens with zero attached hydrogens (tertiary/aromatic N) is 1. The van der Waals surface area contributed by atoms with E-state index >= 15 is 0 Å². The first kappa shape index (κ1) is 15.4. The molecule has 1 aromatic carbocycles. The van der Waals surface area contributed by atoms with Gasteiger partial charge in [0.2, 0.25) is 0 Å². The molecule has 24 heavy (non-hydrogen) atoms. The fourth-order valence-electron chi connectivity index (χ4n) is 3.31. The molecule has 0 aliphatic carbocycles.